The first-order valence-electron chi connectivity index (χ1n) is 8.11. The second-order valence-corrected chi connectivity index (χ2v) is 7.70. The second kappa shape index (κ2) is 6.32. The molecule has 1 saturated carbocycles. The fourth-order valence-electron chi connectivity index (χ4n) is 3.54. The van der Waals surface area contributed by atoms with Crippen molar-refractivity contribution in [2.24, 2.45) is 5.92 Å². The van der Waals surface area contributed by atoms with E-state index in [4.69, 9.17) is 0 Å². The Bertz CT molecular complexity index is 683. The number of nitrogens with one attached hydrogen (secondary N) is 1. The van der Waals surface area contributed by atoms with Crippen LogP contribution in [-0.2, 0) is 9.59 Å². The van der Waals surface area contributed by atoms with Crippen LogP contribution >= 0.6 is 11.3 Å². The molecule has 2 amide bonds. The number of nitriles is 1. The van der Waals surface area contributed by atoms with Gasteiger partial charge in [0.05, 0.1) is 11.5 Å². The highest BCUT2D eigenvalue weighted by Gasteiger charge is 2.38. The summed E-state index contributed by atoms with van der Waals surface area (Å²) in [7, 11) is 0. The van der Waals surface area contributed by atoms with Gasteiger partial charge in [-0.3, -0.25) is 9.59 Å². The third-order valence-corrected chi connectivity index (χ3v) is 6.15. The predicted molar refractivity (Wildman–Crippen MR) is 89.2 cm³/mol. The summed E-state index contributed by atoms with van der Waals surface area (Å²) < 4.78 is 0. The Kier molecular flexibility index (Phi) is 4.40. The Morgan fingerprint density at radius 2 is 2.04 bits per heavy atom. The smallest absolute Gasteiger partial charge is 0.230 e. The third-order valence-electron chi connectivity index (χ3n) is 5.03. The summed E-state index contributed by atoms with van der Waals surface area (Å²) in [5.74, 6) is -0.356. The molecule has 1 atom stereocenters. The Morgan fingerprint density at radius 1 is 1.35 bits per heavy atom. The summed E-state index contributed by atoms with van der Waals surface area (Å²) in [6.07, 6.45) is 4.74. The molecule has 1 N–H and O–H groups in total. The minimum absolute atomic E-state index is 0.0936. The minimum Gasteiger partial charge on any atom is -0.339 e. The first kappa shape index (κ1) is 16.0. The molecule has 6 heteroatoms. The number of amides is 2. The van der Waals surface area contributed by atoms with E-state index < -0.39 is 0 Å². The van der Waals surface area contributed by atoms with E-state index in [-0.39, 0.29) is 24.2 Å². The van der Waals surface area contributed by atoms with Crippen LogP contribution in [0.1, 0.15) is 48.1 Å². The van der Waals surface area contributed by atoms with Gasteiger partial charge in [0, 0.05) is 23.9 Å². The van der Waals surface area contributed by atoms with Crippen LogP contribution in [0.5, 0.6) is 0 Å². The van der Waals surface area contributed by atoms with Gasteiger partial charge in [-0.1, -0.05) is 12.8 Å². The Balaban J connectivity index is 1.69. The standard InChI is InChI=1S/C17H21N3O2S/c1-10-11(2)23-17(14(10)8-18)19-16(22)12-7-15(21)20(9-12)13-5-3-4-6-13/h12-13H,3-7,9H2,1-2H3,(H,19,22). The fourth-order valence-corrected chi connectivity index (χ4v) is 4.55. The van der Waals surface area contributed by atoms with Gasteiger partial charge in [0.25, 0.3) is 0 Å². The zero-order valence-corrected chi connectivity index (χ0v) is 14.3. The molecule has 0 bridgehead atoms. The second-order valence-electron chi connectivity index (χ2n) is 6.47. The van der Waals surface area contributed by atoms with Gasteiger partial charge in [-0.2, -0.15) is 5.26 Å². The summed E-state index contributed by atoms with van der Waals surface area (Å²) in [6.45, 7) is 4.35. The molecule has 0 aromatic carbocycles. The molecule has 1 saturated heterocycles. The lowest BCUT2D eigenvalue weighted by molar-refractivity contribution is -0.129. The molecule has 1 aliphatic carbocycles. The van der Waals surface area contributed by atoms with E-state index in [1.165, 1.54) is 24.2 Å². The number of aryl methyl sites for hydroxylation is 1. The fraction of sp³-hybridized carbons (Fsp3) is 0.588. The molecular formula is C17H21N3O2S. The van der Waals surface area contributed by atoms with E-state index >= 15 is 0 Å². The van der Waals surface area contributed by atoms with Gasteiger partial charge < -0.3 is 10.2 Å². The van der Waals surface area contributed by atoms with Crippen molar-refractivity contribution in [3.8, 4) is 6.07 Å². The molecule has 3 rings (SSSR count). The van der Waals surface area contributed by atoms with Crippen LogP contribution < -0.4 is 5.32 Å². The molecule has 5 nitrogen and oxygen atoms in total. The molecule has 1 unspecified atom stereocenters. The first-order chi connectivity index (χ1) is 11.0. The number of rotatable bonds is 3. The zero-order valence-electron chi connectivity index (χ0n) is 13.5. The SMILES string of the molecule is Cc1sc(NC(=O)C2CC(=O)N(C3CCCC3)C2)c(C#N)c1C. The monoisotopic (exact) mass is 331 g/mol. The number of nitrogens with zero attached hydrogens (tertiary/aromatic N) is 2. The average molecular weight is 331 g/mol. The molecule has 2 heterocycles. The quantitative estimate of drug-likeness (QED) is 0.925. The van der Waals surface area contributed by atoms with Crippen LogP contribution in [0, 0.1) is 31.1 Å². The zero-order chi connectivity index (χ0) is 16.6. The Labute approximate surface area is 140 Å². The maximum atomic E-state index is 12.5. The van der Waals surface area contributed by atoms with Crippen molar-refractivity contribution in [1.29, 1.82) is 5.26 Å². The van der Waals surface area contributed by atoms with Crippen LogP contribution in [0.2, 0.25) is 0 Å². The Morgan fingerprint density at radius 3 is 2.70 bits per heavy atom. The van der Waals surface area contributed by atoms with Gasteiger partial charge in [0.2, 0.25) is 11.8 Å². The minimum atomic E-state index is -0.308. The van der Waals surface area contributed by atoms with Gasteiger partial charge in [-0.05, 0) is 32.3 Å². The lowest BCUT2D eigenvalue weighted by Gasteiger charge is -2.23. The average Bonchev–Trinajstić information content (AvgIpc) is 3.20. The van der Waals surface area contributed by atoms with Crippen molar-refractivity contribution in [3.05, 3.63) is 16.0 Å². The predicted octanol–water partition coefficient (Wildman–Crippen LogP) is 2.97. The largest absolute Gasteiger partial charge is 0.339 e. The molecule has 2 fully saturated rings. The summed E-state index contributed by atoms with van der Waals surface area (Å²) in [6, 6.07) is 2.48. The lowest BCUT2D eigenvalue weighted by Crippen LogP contribution is -2.35. The molecule has 0 radical (unpaired) electrons. The number of carbonyl (C=O) groups excluding carboxylic acids is 2. The van der Waals surface area contributed by atoms with Crippen LogP contribution in [0.15, 0.2) is 0 Å². The molecule has 0 spiro atoms. The van der Waals surface area contributed by atoms with Crippen LogP contribution in [0.3, 0.4) is 0 Å². The van der Waals surface area contributed by atoms with E-state index in [0.717, 1.165) is 23.3 Å². The summed E-state index contributed by atoms with van der Waals surface area (Å²) in [5, 5.41) is 12.7. The van der Waals surface area contributed by atoms with E-state index in [0.29, 0.717) is 23.2 Å². The van der Waals surface area contributed by atoms with Crippen molar-refractivity contribution < 1.29 is 9.59 Å². The molecule has 1 aliphatic heterocycles. The lowest BCUT2D eigenvalue weighted by atomic mass is 10.1. The van der Waals surface area contributed by atoms with E-state index in [9.17, 15) is 14.9 Å². The van der Waals surface area contributed by atoms with E-state index in [1.54, 1.807) is 0 Å². The number of thiophene rings is 1. The molecule has 122 valence electrons. The van der Waals surface area contributed by atoms with Crippen LogP contribution in [0.4, 0.5) is 5.00 Å². The summed E-state index contributed by atoms with van der Waals surface area (Å²) in [5.41, 5.74) is 1.46. The molecular weight excluding hydrogens is 310 g/mol. The number of hydrogen-bond acceptors (Lipinski definition) is 4. The molecule has 2 aliphatic rings. The maximum Gasteiger partial charge on any atom is 0.230 e. The summed E-state index contributed by atoms with van der Waals surface area (Å²) in [4.78, 5) is 27.7. The first-order valence-corrected chi connectivity index (χ1v) is 8.93. The Hall–Kier alpha value is -1.87. The highest BCUT2D eigenvalue weighted by atomic mass is 32.1. The summed E-state index contributed by atoms with van der Waals surface area (Å²) >= 11 is 1.43. The van der Waals surface area contributed by atoms with Crippen molar-refractivity contribution in [1.82, 2.24) is 4.90 Å². The molecule has 1 aromatic heterocycles. The highest BCUT2D eigenvalue weighted by Crippen LogP contribution is 2.34. The maximum absolute atomic E-state index is 12.5. The van der Waals surface area contributed by atoms with Crippen molar-refractivity contribution in [2.45, 2.75) is 52.0 Å². The van der Waals surface area contributed by atoms with Gasteiger partial charge in [0.15, 0.2) is 0 Å². The molecule has 1 aromatic rings. The number of likely N-dealkylation sites (tertiary alicyclic amines) is 1. The van der Waals surface area contributed by atoms with E-state index in [2.05, 4.69) is 11.4 Å². The van der Waals surface area contributed by atoms with Gasteiger partial charge in [-0.15, -0.1) is 11.3 Å². The highest BCUT2D eigenvalue weighted by molar-refractivity contribution is 7.16. The van der Waals surface area contributed by atoms with Crippen molar-refractivity contribution >= 4 is 28.2 Å². The van der Waals surface area contributed by atoms with Crippen LogP contribution in [0.25, 0.3) is 0 Å². The number of carbonyl (C=O) groups is 2. The number of anilines is 1. The number of hydrogen-bond donors (Lipinski definition) is 1. The van der Waals surface area contributed by atoms with Crippen molar-refractivity contribution in [3.63, 3.8) is 0 Å². The van der Waals surface area contributed by atoms with Gasteiger partial charge >= 0.3 is 0 Å². The van der Waals surface area contributed by atoms with Gasteiger partial charge in [0.1, 0.15) is 11.1 Å². The van der Waals surface area contributed by atoms with Crippen molar-refractivity contribution in [2.75, 3.05) is 11.9 Å². The molecule has 23 heavy (non-hydrogen) atoms. The van der Waals surface area contributed by atoms with Crippen LogP contribution in [-0.4, -0.2) is 29.3 Å². The van der Waals surface area contributed by atoms with E-state index in [1.807, 2.05) is 18.7 Å². The normalized spacial score (nSPS) is 21.7. The third kappa shape index (κ3) is 2.98. The van der Waals surface area contributed by atoms with Gasteiger partial charge in [-0.25, -0.2) is 0 Å². The topological polar surface area (TPSA) is 73.2 Å².